The zero-order valence-electron chi connectivity index (χ0n) is 21.9. The number of aryl methyl sites for hydroxylation is 1. The Bertz CT molecular complexity index is 1310. The van der Waals surface area contributed by atoms with Gasteiger partial charge in [0.1, 0.15) is 23.9 Å². The zero-order valence-corrected chi connectivity index (χ0v) is 21.9. The molecule has 0 unspecified atom stereocenters. The lowest BCUT2D eigenvalue weighted by Gasteiger charge is -2.30. The van der Waals surface area contributed by atoms with Gasteiger partial charge in [-0.2, -0.15) is 0 Å². The Morgan fingerprint density at radius 2 is 1.81 bits per heavy atom. The van der Waals surface area contributed by atoms with E-state index in [9.17, 15) is 9.90 Å². The van der Waals surface area contributed by atoms with E-state index >= 15 is 4.39 Å². The number of hydrogen-bond donors (Lipinski definition) is 1. The van der Waals surface area contributed by atoms with Crippen molar-refractivity contribution in [1.29, 1.82) is 0 Å². The number of carboxylic acids is 1. The van der Waals surface area contributed by atoms with Gasteiger partial charge in [0.05, 0.1) is 13.5 Å². The Hall–Kier alpha value is -3.34. The molecule has 5 heteroatoms. The van der Waals surface area contributed by atoms with E-state index in [1.54, 1.807) is 19.2 Å². The van der Waals surface area contributed by atoms with Crippen LogP contribution in [0.25, 0.3) is 11.1 Å². The van der Waals surface area contributed by atoms with Crippen molar-refractivity contribution in [2.45, 2.75) is 70.8 Å². The molecular formula is C32H35FO4. The second-order valence-electron chi connectivity index (χ2n) is 11.2. The molecule has 0 aromatic heterocycles. The number of ether oxygens (including phenoxy) is 2. The van der Waals surface area contributed by atoms with Crippen LogP contribution in [0.5, 0.6) is 11.5 Å². The first kappa shape index (κ1) is 25.3. The predicted molar refractivity (Wildman–Crippen MR) is 143 cm³/mol. The fraction of sp³-hybridized carbons (Fsp3) is 0.406. The number of halogens is 1. The van der Waals surface area contributed by atoms with Crippen LogP contribution in [0, 0.1) is 11.2 Å². The van der Waals surface area contributed by atoms with Gasteiger partial charge in [0.15, 0.2) is 0 Å². The van der Waals surface area contributed by atoms with Crippen molar-refractivity contribution in [3.8, 4) is 22.6 Å². The van der Waals surface area contributed by atoms with E-state index in [1.165, 1.54) is 11.6 Å². The smallest absolute Gasteiger partial charge is 0.303 e. The van der Waals surface area contributed by atoms with E-state index in [2.05, 4.69) is 26.0 Å². The number of hydrogen-bond acceptors (Lipinski definition) is 3. The second-order valence-corrected chi connectivity index (χ2v) is 11.2. The Kier molecular flexibility index (Phi) is 6.98. The quantitative estimate of drug-likeness (QED) is 0.340. The minimum atomic E-state index is -0.765. The highest BCUT2D eigenvalue weighted by molar-refractivity contribution is 5.71. The summed E-state index contributed by atoms with van der Waals surface area (Å²) in [5.74, 6) is 0.740. The Balaban J connectivity index is 1.44. The molecule has 0 amide bonds. The number of carbonyl (C=O) groups is 1. The molecule has 4 nitrogen and oxygen atoms in total. The number of fused-ring (bicyclic) bond motifs is 1. The number of rotatable bonds is 8. The van der Waals surface area contributed by atoms with Gasteiger partial charge in [0.25, 0.3) is 0 Å². The summed E-state index contributed by atoms with van der Waals surface area (Å²) in [4.78, 5) is 11.3. The summed E-state index contributed by atoms with van der Waals surface area (Å²) < 4.78 is 26.6. The van der Waals surface area contributed by atoms with Gasteiger partial charge in [-0.05, 0) is 101 Å². The molecule has 0 bridgehead atoms. The van der Waals surface area contributed by atoms with Crippen molar-refractivity contribution in [3.63, 3.8) is 0 Å². The zero-order chi connectivity index (χ0) is 26.2. The van der Waals surface area contributed by atoms with E-state index in [0.29, 0.717) is 23.8 Å². The maximum Gasteiger partial charge on any atom is 0.303 e. The third-order valence-corrected chi connectivity index (χ3v) is 8.36. The molecule has 1 N–H and O–H groups in total. The maximum atomic E-state index is 15.0. The van der Waals surface area contributed by atoms with Gasteiger partial charge < -0.3 is 14.6 Å². The third-order valence-electron chi connectivity index (χ3n) is 8.36. The Morgan fingerprint density at radius 1 is 1.00 bits per heavy atom. The minimum Gasteiger partial charge on any atom is -0.497 e. The highest BCUT2D eigenvalue weighted by Gasteiger charge is 2.37. The third kappa shape index (κ3) is 5.22. The van der Waals surface area contributed by atoms with Crippen molar-refractivity contribution in [1.82, 2.24) is 0 Å². The van der Waals surface area contributed by atoms with Crippen LogP contribution in [-0.4, -0.2) is 18.2 Å². The maximum absolute atomic E-state index is 15.0. The molecule has 0 heterocycles. The molecule has 1 fully saturated rings. The lowest BCUT2D eigenvalue weighted by atomic mass is 9.75. The molecule has 3 aromatic rings. The largest absolute Gasteiger partial charge is 0.497 e. The summed E-state index contributed by atoms with van der Waals surface area (Å²) in [6.07, 6.45) is 5.31. The van der Waals surface area contributed by atoms with Crippen molar-refractivity contribution >= 4 is 5.97 Å². The molecule has 2 aliphatic rings. The molecule has 3 aromatic carbocycles. The van der Waals surface area contributed by atoms with Crippen molar-refractivity contribution < 1.29 is 23.8 Å². The summed E-state index contributed by atoms with van der Waals surface area (Å²) in [6, 6.07) is 17.2. The van der Waals surface area contributed by atoms with Gasteiger partial charge in [-0.25, -0.2) is 4.39 Å². The second kappa shape index (κ2) is 10.2. The van der Waals surface area contributed by atoms with E-state index in [1.807, 2.05) is 24.3 Å². The Morgan fingerprint density at radius 3 is 2.54 bits per heavy atom. The lowest BCUT2D eigenvalue weighted by molar-refractivity contribution is -0.137. The number of benzene rings is 3. The summed E-state index contributed by atoms with van der Waals surface area (Å²) in [7, 11) is 1.60. The topological polar surface area (TPSA) is 55.8 Å². The predicted octanol–water partition coefficient (Wildman–Crippen LogP) is 7.88. The number of methoxy groups -OCH3 is 1. The lowest BCUT2D eigenvalue weighted by Crippen LogP contribution is -2.17. The molecule has 5 rings (SSSR count). The van der Waals surface area contributed by atoms with Crippen LogP contribution in [0.3, 0.4) is 0 Å². The number of aliphatic carboxylic acids is 1. The minimum absolute atomic E-state index is 0.0456. The van der Waals surface area contributed by atoms with Crippen LogP contribution in [0.2, 0.25) is 0 Å². The van der Waals surface area contributed by atoms with E-state index < -0.39 is 5.97 Å². The van der Waals surface area contributed by atoms with Crippen LogP contribution in [-0.2, 0) is 17.8 Å². The molecule has 0 aliphatic heterocycles. The van der Waals surface area contributed by atoms with Crippen molar-refractivity contribution in [2.75, 3.05) is 7.11 Å². The van der Waals surface area contributed by atoms with Crippen LogP contribution >= 0.6 is 0 Å². The molecule has 0 saturated heterocycles. The van der Waals surface area contributed by atoms with Crippen molar-refractivity contribution in [3.05, 3.63) is 82.7 Å². The van der Waals surface area contributed by atoms with E-state index in [0.717, 1.165) is 60.1 Å². The van der Waals surface area contributed by atoms with Crippen molar-refractivity contribution in [2.24, 2.45) is 5.41 Å². The number of carboxylic acid groups (broad SMARTS) is 1. The summed E-state index contributed by atoms with van der Waals surface area (Å²) in [6.45, 7) is 5.00. The molecule has 194 valence electrons. The highest BCUT2D eigenvalue weighted by Crippen LogP contribution is 2.51. The van der Waals surface area contributed by atoms with Gasteiger partial charge in [-0.15, -0.1) is 0 Å². The Labute approximate surface area is 218 Å². The van der Waals surface area contributed by atoms with E-state index in [4.69, 9.17) is 9.47 Å². The molecule has 2 aliphatic carbocycles. The first-order chi connectivity index (χ1) is 17.7. The first-order valence-corrected chi connectivity index (χ1v) is 13.2. The molecule has 0 spiro atoms. The standard InChI is InChI=1S/C32H35FO4/c1-32(2)14-4-5-29(32)27-15-20(6-12-25(27)28-17-23(36-3)11-13-30(28)33)19-37-24-10-9-21-7-8-22(16-31(34)35)26(21)18-24/h6,9-13,15,17-18,22,29H,4-5,7-8,14,16,19H2,1-3H3,(H,34,35)/t22-,29-/m0/s1. The average molecular weight is 503 g/mol. The van der Waals surface area contributed by atoms with Crippen LogP contribution in [0.4, 0.5) is 4.39 Å². The highest BCUT2D eigenvalue weighted by atomic mass is 19.1. The van der Waals surface area contributed by atoms with E-state index in [-0.39, 0.29) is 23.6 Å². The fourth-order valence-electron chi connectivity index (χ4n) is 6.32. The van der Waals surface area contributed by atoms with Gasteiger partial charge in [-0.1, -0.05) is 44.5 Å². The molecule has 0 radical (unpaired) electrons. The van der Waals surface area contributed by atoms with Crippen LogP contribution in [0.1, 0.15) is 80.0 Å². The summed E-state index contributed by atoms with van der Waals surface area (Å²) in [5, 5.41) is 9.26. The first-order valence-electron chi connectivity index (χ1n) is 13.2. The van der Waals surface area contributed by atoms with Gasteiger partial charge >= 0.3 is 5.97 Å². The average Bonchev–Trinajstić information content (AvgIpc) is 3.44. The van der Waals surface area contributed by atoms with Crippen LogP contribution in [0.15, 0.2) is 54.6 Å². The fourth-order valence-corrected chi connectivity index (χ4v) is 6.32. The van der Waals surface area contributed by atoms with Crippen LogP contribution < -0.4 is 9.47 Å². The van der Waals surface area contributed by atoms with Gasteiger partial charge in [0.2, 0.25) is 0 Å². The molecule has 2 atom stereocenters. The normalized spacial score (nSPS) is 20.0. The molecule has 1 saturated carbocycles. The summed E-state index contributed by atoms with van der Waals surface area (Å²) >= 11 is 0. The molecular weight excluding hydrogens is 467 g/mol. The van der Waals surface area contributed by atoms with Gasteiger partial charge in [-0.3, -0.25) is 4.79 Å². The van der Waals surface area contributed by atoms with Gasteiger partial charge in [0, 0.05) is 5.56 Å². The SMILES string of the molecule is COc1ccc(F)c(-c2ccc(COc3ccc4c(c3)[C@H](CC(=O)O)CC4)cc2[C@@H]2CCCC2(C)C)c1. The molecule has 37 heavy (non-hydrogen) atoms. The monoisotopic (exact) mass is 502 g/mol. The summed E-state index contributed by atoms with van der Waals surface area (Å²) in [5.41, 5.74) is 6.11.